The Morgan fingerprint density at radius 2 is 2.22 bits per heavy atom. The highest BCUT2D eigenvalue weighted by Gasteiger charge is 2.48. The summed E-state index contributed by atoms with van der Waals surface area (Å²) in [5, 5.41) is 0.504. The van der Waals surface area contributed by atoms with Crippen molar-refractivity contribution in [3.8, 4) is 0 Å². The van der Waals surface area contributed by atoms with Crippen LogP contribution in [0.25, 0.3) is 0 Å². The molecule has 0 bridgehead atoms. The highest BCUT2D eigenvalue weighted by molar-refractivity contribution is 7.15. The number of carbonyl (C=O) groups is 2. The molecule has 1 aromatic heterocycles. The van der Waals surface area contributed by atoms with Gasteiger partial charge in [-0.3, -0.25) is 4.79 Å². The summed E-state index contributed by atoms with van der Waals surface area (Å²) < 4.78 is 0. The Balaban J connectivity index is 1.93. The van der Waals surface area contributed by atoms with Crippen molar-refractivity contribution >= 4 is 28.4 Å². The summed E-state index contributed by atoms with van der Waals surface area (Å²) >= 11 is 1.39. The Morgan fingerprint density at radius 3 is 2.89 bits per heavy atom. The zero-order chi connectivity index (χ0) is 12.9. The van der Waals surface area contributed by atoms with Crippen LogP contribution in [0.2, 0.25) is 0 Å². The Bertz CT molecular complexity index is 513. The summed E-state index contributed by atoms with van der Waals surface area (Å²) in [6, 6.07) is -0.475. The van der Waals surface area contributed by atoms with E-state index in [4.69, 9.17) is 0 Å². The molecule has 5 nitrogen and oxygen atoms in total. The Labute approximate surface area is 109 Å². The van der Waals surface area contributed by atoms with E-state index in [9.17, 15) is 9.59 Å². The topological polar surface area (TPSA) is 53.5 Å². The molecule has 96 valence electrons. The van der Waals surface area contributed by atoms with Gasteiger partial charge in [0.1, 0.15) is 6.04 Å². The number of rotatable bonds is 1. The average Bonchev–Trinajstić information content (AvgIpc) is 2.84. The number of imide groups is 1. The second-order valence-corrected chi connectivity index (χ2v) is 6.26. The lowest BCUT2D eigenvalue weighted by Crippen LogP contribution is -2.41. The van der Waals surface area contributed by atoms with E-state index in [1.54, 1.807) is 11.1 Å². The molecule has 2 aliphatic heterocycles. The van der Waals surface area contributed by atoms with Crippen LogP contribution >= 0.6 is 11.3 Å². The number of aryl methyl sites for hydroxylation is 1. The summed E-state index contributed by atoms with van der Waals surface area (Å²) in [7, 11) is 0. The normalized spacial score (nSPS) is 27.9. The van der Waals surface area contributed by atoms with Gasteiger partial charge in [-0.25, -0.2) is 14.7 Å². The van der Waals surface area contributed by atoms with Crippen molar-refractivity contribution in [3.05, 3.63) is 11.1 Å². The van der Waals surface area contributed by atoms with Crippen LogP contribution in [0, 0.1) is 12.8 Å². The van der Waals surface area contributed by atoms with Crippen LogP contribution in [0.5, 0.6) is 0 Å². The minimum Gasteiger partial charge on any atom is -0.312 e. The molecular formula is C12H15N3O2S. The predicted octanol–water partition coefficient (Wildman–Crippen LogP) is 2.02. The molecule has 6 heteroatoms. The third kappa shape index (κ3) is 1.63. The van der Waals surface area contributed by atoms with Crippen LogP contribution in [-0.4, -0.2) is 34.4 Å². The minimum atomic E-state index is -0.273. The maximum atomic E-state index is 12.3. The largest absolute Gasteiger partial charge is 0.333 e. The molecule has 1 aromatic rings. The number of hydrogen-bond acceptors (Lipinski definition) is 4. The summed E-state index contributed by atoms with van der Waals surface area (Å²) in [5.74, 6) is 0.391. The van der Waals surface area contributed by atoms with E-state index < -0.39 is 0 Å². The number of amides is 3. The Morgan fingerprint density at radius 1 is 1.44 bits per heavy atom. The van der Waals surface area contributed by atoms with Crippen LogP contribution in [-0.2, 0) is 4.79 Å². The lowest BCUT2D eigenvalue weighted by atomic mass is 9.93. The molecule has 0 aromatic carbocycles. The summed E-state index contributed by atoms with van der Waals surface area (Å²) in [4.78, 5) is 32.7. The zero-order valence-corrected chi connectivity index (χ0v) is 11.2. The van der Waals surface area contributed by atoms with Crippen LogP contribution in [0.4, 0.5) is 9.93 Å². The third-order valence-corrected chi connectivity index (χ3v) is 4.51. The molecule has 0 saturated carbocycles. The maximum Gasteiger partial charge on any atom is 0.333 e. The number of anilines is 1. The predicted molar refractivity (Wildman–Crippen MR) is 68.6 cm³/mol. The van der Waals surface area contributed by atoms with Gasteiger partial charge < -0.3 is 4.90 Å². The third-order valence-electron chi connectivity index (χ3n) is 3.61. The minimum absolute atomic E-state index is 0.110. The van der Waals surface area contributed by atoms with Gasteiger partial charge in [-0.2, -0.15) is 0 Å². The first-order chi connectivity index (χ1) is 8.58. The van der Waals surface area contributed by atoms with E-state index in [0.717, 1.165) is 17.7 Å². The number of urea groups is 1. The monoisotopic (exact) mass is 265 g/mol. The van der Waals surface area contributed by atoms with E-state index in [1.807, 2.05) is 6.92 Å². The van der Waals surface area contributed by atoms with Crippen molar-refractivity contribution in [1.82, 2.24) is 9.88 Å². The first-order valence-corrected chi connectivity index (χ1v) is 6.96. The van der Waals surface area contributed by atoms with Crippen molar-refractivity contribution in [2.24, 2.45) is 5.92 Å². The fraction of sp³-hybridized carbons (Fsp3) is 0.583. The number of hydrogen-bond donors (Lipinski definition) is 0. The molecule has 0 aliphatic carbocycles. The molecule has 2 aliphatic rings. The fourth-order valence-electron chi connectivity index (χ4n) is 2.60. The van der Waals surface area contributed by atoms with Crippen LogP contribution in [0.3, 0.4) is 0 Å². The number of piperidine rings is 1. The fourth-order valence-corrected chi connectivity index (χ4v) is 3.36. The lowest BCUT2D eigenvalue weighted by molar-refractivity contribution is -0.120. The van der Waals surface area contributed by atoms with Gasteiger partial charge in [-0.05, 0) is 25.7 Å². The van der Waals surface area contributed by atoms with E-state index in [-0.39, 0.29) is 18.0 Å². The second kappa shape index (κ2) is 4.05. The molecule has 3 heterocycles. The first-order valence-electron chi connectivity index (χ1n) is 6.15. The molecule has 2 unspecified atom stereocenters. The SMILES string of the molecule is Cc1cnc(N2C(=O)C3CC(C)CCN3C2=O)s1. The highest BCUT2D eigenvalue weighted by Crippen LogP contribution is 2.34. The lowest BCUT2D eigenvalue weighted by Gasteiger charge is -2.30. The van der Waals surface area contributed by atoms with Gasteiger partial charge >= 0.3 is 6.03 Å². The molecule has 2 atom stereocenters. The standard InChI is InChI=1S/C12H15N3O2S/c1-7-3-4-14-9(5-7)10(16)15(12(14)17)11-13-6-8(2)18-11/h6-7,9H,3-5H2,1-2H3. The molecule has 18 heavy (non-hydrogen) atoms. The van der Waals surface area contributed by atoms with Gasteiger partial charge in [0.2, 0.25) is 5.13 Å². The van der Waals surface area contributed by atoms with E-state index >= 15 is 0 Å². The number of aromatic nitrogens is 1. The summed E-state index contributed by atoms with van der Waals surface area (Å²) in [6.07, 6.45) is 3.44. The average molecular weight is 265 g/mol. The maximum absolute atomic E-state index is 12.3. The second-order valence-electron chi connectivity index (χ2n) is 5.05. The van der Waals surface area contributed by atoms with E-state index in [2.05, 4.69) is 11.9 Å². The van der Waals surface area contributed by atoms with Gasteiger partial charge in [0.15, 0.2) is 0 Å². The molecule has 0 radical (unpaired) electrons. The van der Waals surface area contributed by atoms with Gasteiger partial charge in [-0.1, -0.05) is 6.92 Å². The summed E-state index contributed by atoms with van der Waals surface area (Å²) in [6.45, 7) is 4.73. The van der Waals surface area contributed by atoms with E-state index in [1.165, 1.54) is 16.2 Å². The first kappa shape index (κ1) is 11.6. The van der Waals surface area contributed by atoms with Gasteiger partial charge in [0.25, 0.3) is 5.91 Å². The van der Waals surface area contributed by atoms with Crippen molar-refractivity contribution in [2.45, 2.75) is 32.7 Å². The zero-order valence-electron chi connectivity index (χ0n) is 10.4. The molecule has 3 rings (SSSR count). The molecule has 2 saturated heterocycles. The number of carbonyl (C=O) groups excluding carboxylic acids is 2. The van der Waals surface area contributed by atoms with Gasteiger partial charge in [-0.15, -0.1) is 11.3 Å². The molecule has 2 fully saturated rings. The molecular weight excluding hydrogens is 250 g/mol. The van der Waals surface area contributed by atoms with Crippen molar-refractivity contribution in [1.29, 1.82) is 0 Å². The molecule has 0 spiro atoms. The van der Waals surface area contributed by atoms with Gasteiger partial charge in [0, 0.05) is 17.6 Å². The van der Waals surface area contributed by atoms with Crippen molar-refractivity contribution < 1.29 is 9.59 Å². The van der Waals surface area contributed by atoms with Crippen molar-refractivity contribution in [2.75, 3.05) is 11.4 Å². The number of nitrogens with zero attached hydrogens (tertiary/aromatic N) is 3. The van der Waals surface area contributed by atoms with Crippen LogP contribution in [0.15, 0.2) is 6.20 Å². The molecule has 3 amide bonds. The van der Waals surface area contributed by atoms with Gasteiger partial charge in [0.05, 0.1) is 0 Å². The highest BCUT2D eigenvalue weighted by atomic mass is 32.1. The van der Waals surface area contributed by atoms with Crippen LogP contribution < -0.4 is 4.90 Å². The number of thiazole rings is 1. The Hall–Kier alpha value is -1.43. The summed E-state index contributed by atoms with van der Waals surface area (Å²) in [5.41, 5.74) is 0. The Kier molecular flexibility index (Phi) is 2.62. The van der Waals surface area contributed by atoms with E-state index in [0.29, 0.717) is 17.6 Å². The quantitative estimate of drug-likeness (QED) is 0.730. The molecule has 0 N–H and O–H groups in total. The van der Waals surface area contributed by atoms with Crippen LogP contribution in [0.1, 0.15) is 24.6 Å². The smallest absolute Gasteiger partial charge is 0.312 e. The number of fused-ring (bicyclic) bond motifs is 1. The van der Waals surface area contributed by atoms with Crippen molar-refractivity contribution in [3.63, 3.8) is 0 Å².